The average molecular weight is 228 g/mol. The number of hydrogen-bond acceptors (Lipinski definition) is 4. The molecule has 0 aromatic carbocycles. The van der Waals surface area contributed by atoms with Crippen LogP contribution in [0.4, 0.5) is 0 Å². The molecule has 0 radical (unpaired) electrons. The summed E-state index contributed by atoms with van der Waals surface area (Å²) in [6.07, 6.45) is 3.24. The molecule has 0 amide bonds. The fraction of sp³-hybridized carbons (Fsp3) is 0.154. The van der Waals surface area contributed by atoms with Crippen LogP contribution >= 0.6 is 0 Å². The molecule has 0 fully saturated rings. The number of ether oxygens (including phenoxy) is 1. The predicted molar refractivity (Wildman–Crippen MR) is 63.3 cm³/mol. The minimum Gasteiger partial charge on any atom is -0.454 e. The lowest BCUT2D eigenvalue weighted by molar-refractivity contribution is 0.101. The Bertz CT molecular complexity index is 535. The molecular formula is C13H12N2O2. The van der Waals surface area contributed by atoms with Gasteiger partial charge >= 0.3 is 0 Å². The number of ketones is 1. The Kier molecular flexibility index (Phi) is 3.14. The summed E-state index contributed by atoms with van der Waals surface area (Å²) in [6, 6.07) is 7.00. The van der Waals surface area contributed by atoms with E-state index in [1.165, 1.54) is 13.1 Å². The van der Waals surface area contributed by atoms with Crippen molar-refractivity contribution in [3.63, 3.8) is 0 Å². The van der Waals surface area contributed by atoms with Gasteiger partial charge in [-0.05, 0) is 31.2 Å². The molecule has 0 aliphatic heterocycles. The van der Waals surface area contributed by atoms with E-state index in [4.69, 9.17) is 4.74 Å². The first-order valence-corrected chi connectivity index (χ1v) is 5.23. The lowest BCUT2D eigenvalue weighted by atomic mass is 10.3. The van der Waals surface area contributed by atoms with E-state index in [-0.39, 0.29) is 5.78 Å². The van der Waals surface area contributed by atoms with Crippen LogP contribution in [0.5, 0.6) is 11.5 Å². The normalized spacial score (nSPS) is 10.0. The molecule has 2 rings (SSSR count). The van der Waals surface area contributed by atoms with Crippen molar-refractivity contribution in [3.05, 3.63) is 48.0 Å². The van der Waals surface area contributed by atoms with Gasteiger partial charge in [0.25, 0.3) is 0 Å². The predicted octanol–water partition coefficient (Wildman–Crippen LogP) is 2.78. The molecule has 17 heavy (non-hydrogen) atoms. The van der Waals surface area contributed by atoms with Gasteiger partial charge in [0.05, 0.1) is 11.9 Å². The number of Topliss-reactive ketones (excluding diaryl/α,β-unsaturated/α-hetero) is 1. The number of nitrogens with zero attached hydrogens (tertiary/aromatic N) is 2. The van der Waals surface area contributed by atoms with Gasteiger partial charge in [-0.25, -0.2) is 4.98 Å². The van der Waals surface area contributed by atoms with Crippen molar-refractivity contribution in [3.8, 4) is 11.5 Å². The summed E-state index contributed by atoms with van der Waals surface area (Å²) in [7, 11) is 0. The Hall–Kier alpha value is -2.23. The summed E-state index contributed by atoms with van der Waals surface area (Å²) in [5.74, 6) is 1.21. The molecule has 0 atom stereocenters. The second kappa shape index (κ2) is 4.74. The van der Waals surface area contributed by atoms with E-state index in [1.807, 2.05) is 13.0 Å². The highest BCUT2D eigenvalue weighted by Gasteiger charge is 2.04. The molecule has 0 saturated carbocycles. The zero-order valence-corrected chi connectivity index (χ0v) is 9.68. The molecular weight excluding hydrogens is 216 g/mol. The summed E-state index contributed by atoms with van der Waals surface area (Å²) in [5, 5.41) is 0. The van der Waals surface area contributed by atoms with Crippen LogP contribution in [0.25, 0.3) is 0 Å². The Labute approximate surface area is 99.3 Å². The van der Waals surface area contributed by atoms with Crippen LogP contribution in [0.15, 0.2) is 36.7 Å². The quantitative estimate of drug-likeness (QED) is 0.758. The number of pyridine rings is 2. The van der Waals surface area contributed by atoms with Crippen molar-refractivity contribution in [2.45, 2.75) is 13.8 Å². The zero-order chi connectivity index (χ0) is 12.3. The van der Waals surface area contributed by atoms with Gasteiger partial charge in [-0.1, -0.05) is 0 Å². The van der Waals surface area contributed by atoms with Crippen LogP contribution < -0.4 is 4.74 Å². The smallest absolute Gasteiger partial charge is 0.178 e. The van der Waals surface area contributed by atoms with Crippen LogP contribution in [0.1, 0.15) is 23.1 Å². The topological polar surface area (TPSA) is 52.1 Å². The second-order valence-electron chi connectivity index (χ2n) is 3.62. The molecule has 0 aliphatic rings. The van der Waals surface area contributed by atoms with E-state index >= 15 is 0 Å². The van der Waals surface area contributed by atoms with Crippen LogP contribution in [-0.2, 0) is 0 Å². The van der Waals surface area contributed by atoms with Crippen molar-refractivity contribution in [2.75, 3.05) is 0 Å². The Morgan fingerprint density at radius 1 is 1.24 bits per heavy atom. The van der Waals surface area contributed by atoms with Crippen molar-refractivity contribution in [1.82, 2.24) is 9.97 Å². The number of carbonyl (C=O) groups is 1. The summed E-state index contributed by atoms with van der Waals surface area (Å²) in [6.45, 7) is 3.35. The van der Waals surface area contributed by atoms with E-state index < -0.39 is 0 Å². The van der Waals surface area contributed by atoms with E-state index in [1.54, 1.807) is 24.4 Å². The monoisotopic (exact) mass is 228 g/mol. The number of aryl methyl sites for hydroxylation is 1. The van der Waals surface area contributed by atoms with Crippen molar-refractivity contribution in [1.29, 1.82) is 0 Å². The van der Waals surface area contributed by atoms with Gasteiger partial charge in [-0.2, -0.15) is 0 Å². The standard InChI is InChI=1S/C13H12N2O2/c1-9-13(4-3-7-14-9)17-11-5-6-12(10(2)16)15-8-11/h3-8H,1-2H3. The fourth-order valence-corrected chi connectivity index (χ4v) is 1.35. The first-order chi connectivity index (χ1) is 8.16. The maximum absolute atomic E-state index is 11.1. The van der Waals surface area contributed by atoms with Crippen molar-refractivity contribution < 1.29 is 9.53 Å². The summed E-state index contributed by atoms with van der Waals surface area (Å²) >= 11 is 0. The Balaban J connectivity index is 2.20. The minimum absolute atomic E-state index is 0.0610. The third-order valence-electron chi connectivity index (χ3n) is 2.28. The largest absolute Gasteiger partial charge is 0.454 e. The minimum atomic E-state index is -0.0610. The average Bonchev–Trinajstić information content (AvgIpc) is 2.33. The Morgan fingerprint density at radius 3 is 2.65 bits per heavy atom. The third-order valence-corrected chi connectivity index (χ3v) is 2.28. The van der Waals surface area contributed by atoms with Crippen LogP contribution in [-0.4, -0.2) is 15.8 Å². The van der Waals surface area contributed by atoms with Crippen LogP contribution in [0.3, 0.4) is 0 Å². The molecule has 0 unspecified atom stereocenters. The molecule has 0 bridgehead atoms. The van der Waals surface area contributed by atoms with Crippen molar-refractivity contribution in [2.24, 2.45) is 0 Å². The first-order valence-electron chi connectivity index (χ1n) is 5.23. The molecule has 4 nitrogen and oxygen atoms in total. The number of rotatable bonds is 3. The highest BCUT2D eigenvalue weighted by atomic mass is 16.5. The maximum atomic E-state index is 11.1. The third kappa shape index (κ3) is 2.66. The first kappa shape index (κ1) is 11.3. The number of aromatic nitrogens is 2. The van der Waals surface area contributed by atoms with Crippen LogP contribution in [0, 0.1) is 6.92 Å². The molecule has 0 aliphatic carbocycles. The van der Waals surface area contributed by atoms with Crippen molar-refractivity contribution >= 4 is 5.78 Å². The van der Waals surface area contributed by atoms with Gasteiger partial charge in [0.15, 0.2) is 5.78 Å². The van der Waals surface area contributed by atoms with E-state index in [0.717, 1.165) is 5.69 Å². The number of hydrogen-bond donors (Lipinski definition) is 0. The molecule has 4 heteroatoms. The lowest BCUT2D eigenvalue weighted by Crippen LogP contribution is -1.96. The zero-order valence-electron chi connectivity index (χ0n) is 9.68. The highest BCUT2D eigenvalue weighted by Crippen LogP contribution is 2.22. The van der Waals surface area contributed by atoms with E-state index in [9.17, 15) is 4.79 Å². The molecule has 2 aromatic rings. The van der Waals surface area contributed by atoms with Gasteiger partial charge in [-0.15, -0.1) is 0 Å². The SMILES string of the molecule is CC(=O)c1ccc(Oc2cccnc2C)cn1. The molecule has 0 spiro atoms. The summed E-state index contributed by atoms with van der Waals surface area (Å²) in [5.41, 5.74) is 1.24. The maximum Gasteiger partial charge on any atom is 0.178 e. The van der Waals surface area contributed by atoms with Crippen LogP contribution in [0.2, 0.25) is 0 Å². The van der Waals surface area contributed by atoms with Gasteiger partial charge in [0.1, 0.15) is 17.2 Å². The van der Waals surface area contributed by atoms with Gasteiger partial charge in [0, 0.05) is 13.1 Å². The van der Waals surface area contributed by atoms with E-state index in [0.29, 0.717) is 17.2 Å². The molecule has 0 saturated heterocycles. The second-order valence-corrected chi connectivity index (χ2v) is 3.62. The van der Waals surface area contributed by atoms with Gasteiger partial charge in [-0.3, -0.25) is 9.78 Å². The fourth-order valence-electron chi connectivity index (χ4n) is 1.35. The lowest BCUT2D eigenvalue weighted by Gasteiger charge is -2.07. The molecule has 2 aromatic heterocycles. The summed E-state index contributed by atoms with van der Waals surface area (Å²) in [4.78, 5) is 19.2. The van der Waals surface area contributed by atoms with Gasteiger partial charge < -0.3 is 4.74 Å². The molecule has 2 heterocycles. The summed E-state index contributed by atoms with van der Waals surface area (Å²) < 4.78 is 5.61. The van der Waals surface area contributed by atoms with E-state index in [2.05, 4.69) is 9.97 Å². The molecule has 0 N–H and O–H groups in total. The Morgan fingerprint density at radius 2 is 2.06 bits per heavy atom. The highest BCUT2D eigenvalue weighted by molar-refractivity contribution is 5.92. The van der Waals surface area contributed by atoms with Gasteiger partial charge in [0.2, 0.25) is 0 Å². The molecule has 86 valence electrons. The number of carbonyl (C=O) groups excluding carboxylic acids is 1.